The van der Waals surface area contributed by atoms with Crippen LogP contribution in [0.1, 0.15) is 18.5 Å². The first kappa shape index (κ1) is 13.6. The van der Waals surface area contributed by atoms with Crippen LogP contribution >= 0.6 is 27.7 Å². The van der Waals surface area contributed by atoms with Gasteiger partial charge in [-0.05, 0) is 46.4 Å². The first-order chi connectivity index (χ1) is 9.69. The maximum Gasteiger partial charge on any atom is 0.246 e. The molecule has 20 heavy (non-hydrogen) atoms. The van der Waals surface area contributed by atoms with Gasteiger partial charge in [-0.2, -0.15) is 5.10 Å². The van der Waals surface area contributed by atoms with Crippen molar-refractivity contribution in [3.63, 3.8) is 0 Å². The van der Waals surface area contributed by atoms with Crippen LogP contribution in [0.15, 0.2) is 33.0 Å². The summed E-state index contributed by atoms with van der Waals surface area (Å²) in [6, 6.07) is 3.64. The minimum atomic E-state index is -0.282. The highest BCUT2D eigenvalue weighted by atomic mass is 79.9. The maximum atomic E-state index is 11.9. The van der Waals surface area contributed by atoms with Gasteiger partial charge in [-0.15, -0.1) is 0 Å². The summed E-state index contributed by atoms with van der Waals surface area (Å²) in [5, 5.41) is 13.4. The molecule has 3 rings (SSSR count). The van der Waals surface area contributed by atoms with Crippen molar-refractivity contribution in [1.29, 1.82) is 0 Å². The number of aromatic amines is 1. The number of benzene rings is 1. The van der Waals surface area contributed by atoms with E-state index in [0.29, 0.717) is 5.16 Å². The third kappa shape index (κ3) is 2.46. The first-order valence-electron chi connectivity index (χ1n) is 6.10. The number of halogens is 1. The van der Waals surface area contributed by atoms with Gasteiger partial charge in [-0.1, -0.05) is 6.92 Å². The first-order valence-corrected chi connectivity index (χ1v) is 7.71. The number of anilines is 1. The number of nitrogens with one attached hydrogen (secondary N) is 3. The lowest BCUT2D eigenvalue weighted by Gasteiger charge is -2.10. The summed E-state index contributed by atoms with van der Waals surface area (Å²) in [6.07, 6.45) is 1.46. The zero-order valence-corrected chi connectivity index (χ0v) is 13.0. The Kier molecular flexibility index (Phi) is 3.77. The number of aromatic nitrogens is 3. The van der Waals surface area contributed by atoms with Gasteiger partial charge in [-0.25, -0.2) is 4.98 Å². The number of hydrogen-bond acceptors (Lipinski definition) is 5. The number of amides is 1. The van der Waals surface area contributed by atoms with E-state index in [-0.39, 0.29) is 11.9 Å². The highest BCUT2D eigenvalue weighted by Crippen LogP contribution is 2.40. The summed E-state index contributed by atoms with van der Waals surface area (Å²) in [7, 11) is 0. The molecule has 0 spiro atoms. The lowest BCUT2D eigenvalue weighted by Crippen LogP contribution is -2.27. The smallest absolute Gasteiger partial charge is 0.246 e. The summed E-state index contributed by atoms with van der Waals surface area (Å²) in [5.41, 5.74) is 1.80. The Morgan fingerprint density at radius 1 is 1.50 bits per heavy atom. The van der Waals surface area contributed by atoms with Crippen molar-refractivity contribution in [3.05, 3.63) is 28.5 Å². The second kappa shape index (κ2) is 5.55. The summed E-state index contributed by atoms with van der Waals surface area (Å²) >= 11 is 5.00. The summed E-state index contributed by atoms with van der Waals surface area (Å²) in [4.78, 5) is 17.0. The fourth-order valence-electron chi connectivity index (χ4n) is 2.09. The van der Waals surface area contributed by atoms with E-state index in [1.54, 1.807) is 0 Å². The van der Waals surface area contributed by atoms with E-state index < -0.39 is 0 Å². The Labute approximate surface area is 128 Å². The number of hydrogen-bond donors (Lipinski definition) is 3. The van der Waals surface area contributed by atoms with Gasteiger partial charge in [0.05, 0.1) is 0 Å². The molecule has 104 valence electrons. The van der Waals surface area contributed by atoms with Crippen molar-refractivity contribution in [1.82, 2.24) is 20.5 Å². The number of nitrogens with zero attached hydrogens (tertiary/aromatic N) is 2. The second-order valence-corrected chi connectivity index (χ2v) is 6.13. The number of fused-ring (bicyclic) bond motifs is 1. The zero-order valence-electron chi connectivity index (χ0n) is 10.6. The van der Waals surface area contributed by atoms with Crippen molar-refractivity contribution in [2.45, 2.75) is 23.0 Å². The van der Waals surface area contributed by atoms with Crippen molar-refractivity contribution >= 4 is 39.3 Å². The number of carbonyl (C=O) groups is 1. The topological polar surface area (TPSA) is 82.7 Å². The molecule has 0 fully saturated rings. The molecule has 0 aliphatic carbocycles. The van der Waals surface area contributed by atoms with E-state index in [9.17, 15) is 4.79 Å². The van der Waals surface area contributed by atoms with Crippen LogP contribution in [0.3, 0.4) is 0 Å². The van der Waals surface area contributed by atoms with Gasteiger partial charge in [0.15, 0.2) is 5.16 Å². The van der Waals surface area contributed by atoms with Crippen LogP contribution in [0, 0.1) is 0 Å². The summed E-state index contributed by atoms with van der Waals surface area (Å²) in [5.74, 6) is -0.0180. The normalized spacial score (nSPS) is 17.1. The SMILES string of the molecule is CCNC1C(=O)Nc2cc(Sc3ncn[nH]3)c(Br)cc21. The van der Waals surface area contributed by atoms with E-state index in [2.05, 4.69) is 41.7 Å². The average Bonchev–Trinajstić information content (AvgIpc) is 3.01. The quantitative estimate of drug-likeness (QED) is 0.785. The predicted molar refractivity (Wildman–Crippen MR) is 79.7 cm³/mol. The van der Waals surface area contributed by atoms with Gasteiger partial charge in [0.2, 0.25) is 5.91 Å². The van der Waals surface area contributed by atoms with Crippen molar-refractivity contribution in [3.8, 4) is 0 Å². The third-order valence-corrected chi connectivity index (χ3v) is 4.81. The average molecular weight is 354 g/mol. The molecule has 1 aliphatic heterocycles. The van der Waals surface area contributed by atoms with Gasteiger partial charge in [0.25, 0.3) is 0 Å². The van der Waals surface area contributed by atoms with Crippen LogP contribution in [0.4, 0.5) is 5.69 Å². The zero-order chi connectivity index (χ0) is 14.1. The Morgan fingerprint density at radius 3 is 3.05 bits per heavy atom. The molecule has 0 saturated heterocycles. The molecule has 0 saturated carbocycles. The molecule has 0 radical (unpaired) electrons. The van der Waals surface area contributed by atoms with Crippen LogP contribution in [-0.4, -0.2) is 27.6 Å². The van der Waals surface area contributed by atoms with Crippen molar-refractivity contribution in [2.75, 3.05) is 11.9 Å². The lowest BCUT2D eigenvalue weighted by atomic mass is 10.1. The largest absolute Gasteiger partial charge is 0.324 e. The molecule has 1 aliphatic rings. The van der Waals surface area contributed by atoms with Crippen LogP contribution in [-0.2, 0) is 4.79 Å². The standard InChI is InChI=1S/C12H12BrN5OS/c1-2-14-10-6-3-7(13)9(4-8(6)17-11(10)19)20-12-15-5-16-18-12/h3-5,10,14H,2H2,1H3,(H,17,19)(H,15,16,18). The number of rotatable bonds is 4. The van der Waals surface area contributed by atoms with Crippen LogP contribution in [0.5, 0.6) is 0 Å². The molecule has 0 bridgehead atoms. The summed E-state index contributed by atoms with van der Waals surface area (Å²) in [6.45, 7) is 2.72. The molecule has 1 unspecified atom stereocenters. The number of carbonyl (C=O) groups excluding carboxylic acids is 1. The molecule has 1 aromatic heterocycles. The molecule has 2 aromatic rings. The fraction of sp³-hybridized carbons (Fsp3) is 0.250. The Morgan fingerprint density at radius 2 is 2.35 bits per heavy atom. The van der Waals surface area contributed by atoms with Gasteiger partial charge in [0.1, 0.15) is 12.4 Å². The lowest BCUT2D eigenvalue weighted by molar-refractivity contribution is -0.117. The van der Waals surface area contributed by atoms with Crippen LogP contribution < -0.4 is 10.6 Å². The molecule has 1 aromatic carbocycles. The molecule has 2 heterocycles. The minimum absolute atomic E-state index is 0.0180. The Hall–Kier alpha value is -1.38. The van der Waals surface area contributed by atoms with Crippen LogP contribution in [0.25, 0.3) is 0 Å². The molecule has 1 atom stereocenters. The minimum Gasteiger partial charge on any atom is -0.324 e. The van der Waals surface area contributed by atoms with E-state index >= 15 is 0 Å². The molecule has 3 N–H and O–H groups in total. The Balaban J connectivity index is 1.93. The molecule has 1 amide bonds. The number of H-pyrrole nitrogens is 1. The van der Waals surface area contributed by atoms with Crippen molar-refractivity contribution < 1.29 is 4.79 Å². The van der Waals surface area contributed by atoms with Crippen LogP contribution in [0.2, 0.25) is 0 Å². The second-order valence-electron chi connectivity index (χ2n) is 4.24. The summed E-state index contributed by atoms with van der Waals surface area (Å²) < 4.78 is 0.928. The van der Waals surface area contributed by atoms with Gasteiger partial charge >= 0.3 is 0 Å². The van der Waals surface area contributed by atoms with Gasteiger partial charge in [0, 0.05) is 20.6 Å². The molecule has 8 heteroatoms. The highest BCUT2D eigenvalue weighted by Gasteiger charge is 2.30. The maximum absolute atomic E-state index is 11.9. The van der Waals surface area contributed by atoms with E-state index in [0.717, 1.165) is 27.2 Å². The Bertz CT molecular complexity index is 646. The van der Waals surface area contributed by atoms with Gasteiger partial charge in [-0.3, -0.25) is 9.89 Å². The fourth-order valence-corrected chi connectivity index (χ4v) is 3.44. The molecule has 6 nitrogen and oxygen atoms in total. The molecular formula is C12H12BrN5OS. The highest BCUT2D eigenvalue weighted by molar-refractivity contribution is 9.10. The van der Waals surface area contributed by atoms with E-state index in [4.69, 9.17) is 0 Å². The monoisotopic (exact) mass is 353 g/mol. The third-order valence-electron chi connectivity index (χ3n) is 2.94. The van der Waals surface area contributed by atoms with Crippen molar-refractivity contribution in [2.24, 2.45) is 0 Å². The van der Waals surface area contributed by atoms with Gasteiger partial charge < -0.3 is 10.6 Å². The van der Waals surface area contributed by atoms with E-state index in [1.165, 1.54) is 18.1 Å². The molecular weight excluding hydrogens is 342 g/mol. The predicted octanol–water partition coefficient (Wildman–Crippen LogP) is 2.32. The van der Waals surface area contributed by atoms with E-state index in [1.807, 2.05) is 19.1 Å². The number of likely N-dealkylation sites (N-methyl/N-ethyl adjacent to an activating group) is 1.